The first kappa shape index (κ1) is 20.3. The Labute approximate surface area is 188 Å². The molecule has 1 N–H and O–H groups in total. The Kier molecular flexibility index (Phi) is 5.87. The summed E-state index contributed by atoms with van der Waals surface area (Å²) in [5.74, 6) is 1.10. The Bertz CT molecular complexity index is 1220. The van der Waals surface area contributed by atoms with Gasteiger partial charge in [0.05, 0.1) is 16.5 Å². The van der Waals surface area contributed by atoms with E-state index in [0.717, 1.165) is 15.4 Å². The maximum atomic E-state index is 12.3. The summed E-state index contributed by atoms with van der Waals surface area (Å²) in [5.41, 5.74) is 1.23. The summed E-state index contributed by atoms with van der Waals surface area (Å²) in [5, 5.41) is 13.6. The number of anilines is 1. The molecule has 4 rings (SSSR count). The topological polar surface area (TPSA) is 73.0 Å². The number of carbonyl (C=O) groups is 1. The second-order valence-corrected chi connectivity index (χ2v) is 8.82. The van der Waals surface area contributed by atoms with Gasteiger partial charge in [0, 0.05) is 21.9 Å². The summed E-state index contributed by atoms with van der Waals surface area (Å²) in [4.78, 5) is 12.3. The van der Waals surface area contributed by atoms with Gasteiger partial charge in [-0.2, -0.15) is 0 Å². The molecular formula is C19H13BrCl2N4O2S. The van der Waals surface area contributed by atoms with Crippen LogP contribution in [0.5, 0.6) is 0 Å². The van der Waals surface area contributed by atoms with Crippen LogP contribution in [0.15, 0.2) is 56.5 Å². The van der Waals surface area contributed by atoms with Crippen LogP contribution in [0.4, 0.5) is 5.69 Å². The molecule has 0 aliphatic rings. The number of thioether (sulfide) groups is 1. The predicted molar refractivity (Wildman–Crippen MR) is 120 cm³/mol. The van der Waals surface area contributed by atoms with Crippen molar-refractivity contribution in [3.8, 4) is 11.6 Å². The molecule has 148 valence electrons. The molecule has 0 bridgehead atoms. The Morgan fingerprint density at radius 3 is 2.86 bits per heavy atom. The van der Waals surface area contributed by atoms with Gasteiger partial charge in [-0.05, 0) is 42.5 Å². The van der Waals surface area contributed by atoms with Gasteiger partial charge in [-0.25, -0.2) is 0 Å². The van der Waals surface area contributed by atoms with E-state index in [-0.39, 0.29) is 11.7 Å². The van der Waals surface area contributed by atoms with Crippen molar-refractivity contribution in [2.24, 2.45) is 7.05 Å². The molecule has 2 aromatic heterocycles. The summed E-state index contributed by atoms with van der Waals surface area (Å²) in [6.45, 7) is 0. The number of halogens is 3. The highest BCUT2D eigenvalue weighted by Gasteiger charge is 2.17. The molecule has 6 nitrogen and oxygen atoms in total. The fraction of sp³-hybridized carbons (Fsp3) is 0.105. The zero-order valence-electron chi connectivity index (χ0n) is 14.9. The highest BCUT2D eigenvalue weighted by atomic mass is 79.9. The van der Waals surface area contributed by atoms with Gasteiger partial charge in [-0.3, -0.25) is 4.79 Å². The van der Waals surface area contributed by atoms with Gasteiger partial charge in [0.15, 0.2) is 16.7 Å². The largest absolute Gasteiger partial charge is 0.453 e. The van der Waals surface area contributed by atoms with E-state index >= 15 is 0 Å². The van der Waals surface area contributed by atoms with E-state index in [1.54, 1.807) is 22.8 Å². The maximum absolute atomic E-state index is 12.3. The molecule has 0 fully saturated rings. The molecule has 2 heterocycles. The van der Waals surface area contributed by atoms with Crippen molar-refractivity contribution in [3.63, 3.8) is 0 Å². The normalized spacial score (nSPS) is 11.2. The van der Waals surface area contributed by atoms with Crippen molar-refractivity contribution >= 4 is 73.5 Å². The van der Waals surface area contributed by atoms with Gasteiger partial charge in [0.1, 0.15) is 5.58 Å². The number of hydrogen-bond donors (Lipinski definition) is 1. The van der Waals surface area contributed by atoms with E-state index in [1.165, 1.54) is 11.8 Å². The van der Waals surface area contributed by atoms with Crippen molar-refractivity contribution in [1.82, 2.24) is 14.8 Å². The summed E-state index contributed by atoms with van der Waals surface area (Å²) < 4.78 is 8.63. The Hall–Kier alpha value is -2.00. The van der Waals surface area contributed by atoms with Gasteiger partial charge in [-0.1, -0.05) is 50.9 Å². The van der Waals surface area contributed by atoms with E-state index in [9.17, 15) is 4.79 Å². The van der Waals surface area contributed by atoms with Crippen LogP contribution in [0.25, 0.3) is 22.6 Å². The average Bonchev–Trinajstić information content (AvgIpc) is 3.25. The van der Waals surface area contributed by atoms with Crippen LogP contribution in [-0.4, -0.2) is 26.4 Å². The SMILES string of the molecule is Cn1c(SCC(=O)Nc2cc(Cl)ccc2Cl)nnc1-c1cc2cc(Br)ccc2o1. The average molecular weight is 512 g/mol. The number of hydrogen-bond acceptors (Lipinski definition) is 5. The van der Waals surface area contributed by atoms with Crippen LogP contribution < -0.4 is 5.32 Å². The number of fused-ring (bicyclic) bond motifs is 1. The lowest BCUT2D eigenvalue weighted by Crippen LogP contribution is -2.14. The monoisotopic (exact) mass is 510 g/mol. The third-order valence-electron chi connectivity index (χ3n) is 4.07. The molecule has 0 spiro atoms. The lowest BCUT2D eigenvalue weighted by Gasteiger charge is -2.07. The molecule has 0 aliphatic carbocycles. The van der Waals surface area contributed by atoms with Crippen LogP contribution >= 0.6 is 50.9 Å². The first-order valence-corrected chi connectivity index (χ1v) is 10.9. The number of nitrogens with one attached hydrogen (secondary N) is 1. The van der Waals surface area contributed by atoms with Gasteiger partial charge in [0.25, 0.3) is 0 Å². The smallest absolute Gasteiger partial charge is 0.234 e. The molecule has 0 radical (unpaired) electrons. The molecule has 0 aliphatic heterocycles. The molecule has 29 heavy (non-hydrogen) atoms. The van der Waals surface area contributed by atoms with Crippen LogP contribution in [0.1, 0.15) is 0 Å². The Morgan fingerprint density at radius 2 is 2.03 bits per heavy atom. The van der Waals surface area contributed by atoms with Gasteiger partial charge < -0.3 is 14.3 Å². The van der Waals surface area contributed by atoms with Crippen LogP contribution in [0.2, 0.25) is 10.0 Å². The molecule has 2 aromatic carbocycles. The van der Waals surface area contributed by atoms with Gasteiger partial charge in [0.2, 0.25) is 5.91 Å². The molecular weight excluding hydrogens is 499 g/mol. The van der Waals surface area contributed by atoms with Crippen molar-refractivity contribution < 1.29 is 9.21 Å². The third kappa shape index (κ3) is 4.45. The standard InChI is InChI=1S/C19H13BrCl2N4O2S/c1-26-18(16-7-10-6-11(20)2-5-15(10)28-16)24-25-19(26)29-9-17(27)23-14-8-12(21)3-4-13(14)22/h2-8H,9H2,1H3,(H,23,27). The van der Waals surface area contributed by atoms with E-state index in [0.29, 0.717) is 32.5 Å². The van der Waals surface area contributed by atoms with E-state index < -0.39 is 0 Å². The molecule has 1 amide bonds. The minimum atomic E-state index is -0.225. The van der Waals surface area contributed by atoms with Crippen LogP contribution in [0, 0.1) is 0 Å². The highest BCUT2D eigenvalue weighted by Crippen LogP contribution is 2.30. The number of aromatic nitrogens is 3. The lowest BCUT2D eigenvalue weighted by molar-refractivity contribution is -0.113. The predicted octanol–water partition coefficient (Wildman–Crippen LogP) is 6.03. The number of carbonyl (C=O) groups excluding carboxylic acids is 1. The number of furan rings is 1. The number of rotatable bonds is 5. The first-order chi connectivity index (χ1) is 13.9. The van der Waals surface area contributed by atoms with E-state index in [4.69, 9.17) is 27.6 Å². The molecule has 10 heteroatoms. The van der Waals surface area contributed by atoms with Gasteiger partial charge >= 0.3 is 0 Å². The first-order valence-electron chi connectivity index (χ1n) is 8.37. The van der Waals surface area contributed by atoms with Crippen LogP contribution in [0.3, 0.4) is 0 Å². The molecule has 0 atom stereocenters. The number of amides is 1. The van der Waals surface area contributed by atoms with E-state index in [2.05, 4.69) is 31.4 Å². The molecule has 0 unspecified atom stereocenters. The van der Waals surface area contributed by atoms with Crippen molar-refractivity contribution in [3.05, 3.63) is 57.0 Å². The van der Waals surface area contributed by atoms with E-state index in [1.807, 2.05) is 31.3 Å². The number of nitrogens with zero attached hydrogens (tertiary/aromatic N) is 3. The fourth-order valence-corrected chi connectivity index (χ4v) is 4.12. The minimum Gasteiger partial charge on any atom is -0.453 e. The number of benzene rings is 2. The zero-order valence-corrected chi connectivity index (χ0v) is 18.9. The Morgan fingerprint density at radius 1 is 1.21 bits per heavy atom. The summed E-state index contributed by atoms with van der Waals surface area (Å²) >= 11 is 16.7. The second-order valence-electron chi connectivity index (χ2n) is 6.12. The summed E-state index contributed by atoms with van der Waals surface area (Å²) in [7, 11) is 1.83. The lowest BCUT2D eigenvalue weighted by atomic mass is 10.2. The minimum absolute atomic E-state index is 0.141. The third-order valence-corrected chi connectivity index (χ3v) is 6.15. The molecule has 0 saturated carbocycles. The fourth-order valence-electron chi connectivity index (χ4n) is 2.69. The molecule has 0 saturated heterocycles. The highest BCUT2D eigenvalue weighted by molar-refractivity contribution is 9.10. The van der Waals surface area contributed by atoms with Crippen LogP contribution in [-0.2, 0) is 11.8 Å². The Balaban J connectivity index is 1.47. The summed E-state index contributed by atoms with van der Waals surface area (Å²) in [6, 6.07) is 12.6. The van der Waals surface area contributed by atoms with Crippen molar-refractivity contribution in [2.75, 3.05) is 11.1 Å². The van der Waals surface area contributed by atoms with Crippen molar-refractivity contribution in [2.45, 2.75) is 5.16 Å². The maximum Gasteiger partial charge on any atom is 0.234 e. The summed E-state index contributed by atoms with van der Waals surface area (Å²) in [6.07, 6.45) is 0. The molecule has 4 aromatic rings. The second kappa shape index (κ2) is 8.39. The van der Waals surface area contributed by atoms with Crippen molar-refractivity contribution in [1.29, 1.82) is 0 Å². The quantitative estimate of drug-likeness (QED) is 0.331. The van der Waals surface area contributed by atoms with Gasteiger partial charge in [-0.15, -0.1) is 10.2 Å². The zero-order chi connectivity index (χ0) is 20.5.